The van der Waals surface area contributed by atoms with Crippen LogP contribution in [0.3, 0.4) is 0 Å². The van der Waals surface area contributed by atoms with Crippen LogP contribution in [0.5, 0.6) is 11.6 Å². The second-order valence-electron chi connectivity index (χ2n) is 3.33. The standard InChI is InChI=1S/C11H8Br2N4O/c12-6-1-2-9(7(13)3-6)18-10-5-16-8(4-17-10)11(14)15/h1-5H,(H3,14,15). The molecule has 7 heteroatoms. The average Bonchev–Trinajstić information content (AvgIpc) is 2.33. The first kappa shape index (κ1) is 13.0. The van der Waals surface area contributed by atoms with E-state index in [2.05, 4.69) is 41.8 Å². The van der Waals surface area contributed by atoms with Crippen LogP contribution in [-0.4, -0.2) is 15.8 Å². The van der Waals surface area contributed by atoms with Crippen LogP contribution in [0.25, 0.3) is 0 Å². The molecule has 0 spiro atoms. The molecular weight excluding hydrogens is 364 g/mol. The number of nitrogen functional groups attached to an aromatic ring is 1. The van der Waals surface area contributed by atoms with Crippen LogP contribution in [-0.2, 0) is 0 Å². The van der Waals surface area contributed by atoms with Crippen LogP contribution in [0.15, 0.2) is 39.5 Å². The fourth-order valence-electron chi connectivity index (χ4n) is 1.18. The number of aromatic nitrogens is 2. The smallest absolute Gasteiger partial charge is 0.237 e. The Morgan fingerprint density at radius 3 is 2.56 bits per heavy atom. The average molecular weight is 372 g/mol. The van der Waals surface area contributed by atoms with E-state index >= 15 is 0 Å². The second kappa shape index (κ2) is 5.45. The third-order valence-electron chi connectivity index (χ3n) is 2.01. The summed E-state index contributed by atoms with van der Waals surface area (Å²) in [6, 6.07) is 5.53. The number of rotatable bonds is 3. The van der Waals surface area contributed by atoms with Crippen LogP contribution in [0.1, 0.15) is 5.69 Å². The number of nitrogens with zero attached hydrogens (tertiary/aromatic N) is 2. The van der Waals surface area contributed by atoms with Crippen LogP contribution in [0.2, 0.25) is 0 Å². The van der Waals surface area contributed by atoms with E-state index in [4.69, 9.17) is 15.9 Å². The van der Waals surface area contributed by atoms with Crippen LogP contribution in [0, 0.1) is 5.41 Å². The predicted octanol–water partition coefficient (Wildman–Crippen LogP) is 3.08. The third-order valence-corrected chi connectivity index (χ3v) is 3.13. The lowest BCUT2D eigenvalue weighted by Crippen LogP contribution is -2.13. The SMILES string of the molecule is N=C(N)c1cnc(Oc2ccc(Br)cc2Br)cn1. The van der Waals surface area contributed by atoms with Gasteiger partial charge in [-0.15, -0.1) is 0 Å². The Kier molecular flexibility index (Phi) is 3.93. The molecule has 1 aromatic carbocycles. The maximum absolute atomic E-state index is 7.21. The van der Waals surface area contributed by atoms with Crippen LogP contribution < -0.4 is 10.5 Å². The molecule has 0 bridgehead atoms. The molecule has 0 saturated carbocycles. The van der Waals surface area contributed by atoms with Crippen molar-refractivity contribution < 1.29 is 4.74 Å². The fourth-order valence-corrected chi connectivity index (χ4v) is 2.31. The highest BCUT2D eigenvalue weighted by Crippen LogP contribution is 2.30. The maximum atomic E-state index is 7.21. The molecule has 0 radical (unpaired) electrons. The summed E-state index contributed by atoms with van der Waals surface area (Å²) in [5.74, 6) is 0.838. The number of nitrogens with one attached hydrogen (secondary N) is 1. The summed E-state index contributed by atoms with van der Waals surface area (Å²) in [7, 11) is 0. The summed E-state index contributed by atoms with van der Waals surface area (Å²) in [4.78, 5) is 7.98. The van der Waals surface area contributed by atoms with Crippen molar-refractivity contribution in [2.45, 2.75) is 0 Å². The zero-order valence-electron chi connectivity index (χ0n) is 9.02. The molecule has 0 amide bonds. The molecule has 0 atom stereocenters. The normalized spacial score (nSPS) is 10.1. The number of halogens is 2. The van der Waals surface area contributed by atoms with E-state index < -0.39 is 0 Å². The summed E-state index contributed by atoms with van der Waals surface area (Å²) in [6.45, 7) is 0. The van der Waals surface area contributed by atoms with Gasteiger partial charge in [0.1, 0.15) is 17.3 Å². The lowest BCUT2D eigenvalue weighted by Gasteiger charge is -2.07. The molecule has 2 aromatic rings. The van der Waals surface area contributed by atoms with E-state index in [-0.39, 0.29) is 5.84 Å². The first-order valence-electron chi connectivity index (χ1n) is 4.85. The Labute approximate surface area is 120 Å². The Morgan fingerprint density at radius 1 is 1.22 bits per heavy atom. The molecule has 0 unspecified atom stereocenters. The molecule has 1 heterocycles. The summed E-state index contributed by atoms with van der Waals surface area (Å²) < 4.78 is 7.29. The molecular formula is C11H8Br2N4O. The molecule has 18 heavy (non-hydrogen) atoms. The zero-order chi connectivity index (χ0) is 13.1. The lowest BCUT2D eigenvalue weighted by molar-refractivity contribution is 0.457. The van der Waals surface area contributed by atoms with Crippen molar-refractivity contribution in [3.05, 3.63) is 45.2 Å². The number of nitrogens with two attached hydrogens (primary N) is 1. The topological polar surface area (TPSA) is 84.9 Å². The van der Waals surface area contributed by atoms with Crippen molar-refractivity contribution in [2.24, 2.45) is 5.73 Å². The van der Waals surface area contributed by atoms with E-state index in [0.29, 0.717) is 17.3 Å². The van der Waals surface area contributed by atoms with Crippen molar-refractivity contribution >= 4 is 37.7 Å². The highest BCUT2D eigenvalue weighted by atomic mass is 79.9. The van der Waals surface area contributed by atoms with Crippen LogP contribution >= 0.6 is 31.9 Å². The molecule has 0 aliphatic heterocycles. The van der Waals surface area contributed by atoms with Crippen molar-refractivity contribution in [3.8, 4) is 11.6 Å². The maximum Gasteiger partial charge on any atom is 0.237 e. The van der Waals surface area contributed by atoms with Gasteiger partial charge in [-0.25, -0.2) is 9.97 Å². The van der Waals surface area contributed by atoms with Gasteiger partial charge < -0.3 is 10.5 Å². The summed E-state index contributed by atoms with van der Waals surface area (Å²) in [5.41, 5.74) is 5.60. The summed E-state index contributed by atoms with van der Waals surface area (Å²) in [6.07, 6.45) is 2.82. The number of amidine groups is 1. The van der Waals surface area contributed by atoms with Gasteiger partial charge in [-0.05, 0) is 34.1 Å². The molecule has 92 valence electrons. The fraction of sp³-hybridized carbons (Fsp3) is 0. The minimum Gasteiger partial charge on any atom is -0.436 e. The molecule has 0 aliphatic rings. The van der Waals surface area contributed by atoms with Gasteiger partial charge in [0, 0.05) is 4.47 Å². The lowest BCUT2D eigenvalue weighted by atomic mass is 10.3. The monoisotopic (exact) mass is 370 g/mol. The number of benzene rings is 1. The highest BCUT2D eigenvalue weighted by molar-refractivity contribution is 9.11. The predicted molar refractivity (Wildman–Crippen MR) is 75.0 cm³/mol. The van der Waals surface area contributed by atoms with Gasteiger partial charge in [-0.1, -0.05) is 15.9 Å². The second-order valence-corrected chi connectivity index (χ2v) is 5.10. The van der Waals surface area contributed by atoms with Crippen molar-refractivity contribution in [2.75, 3.05) is 0 Å². The molecule has 5 nitrogen and oxygen atoms in total. The Hall–Kier alpha value is -1.47. The van der Waals surface area contributed by atoms with E-state index in [1.165, 1.54) is 12.4 Å². The number of ether oxygens (including phenoxy) is 1. The van der Waals surface area contributed by atoms with E-state index in [1.54, 1.807) is 6.07 Å². The van der Waals surface area contributed by atoms with Crippen molar-refractivity contribution in [1.82, 2.24) is 9.97 Å². The molecule has 1 aromatic heterocycles. The van der Waals surface area contributed by atoms with E-state index in [0.717, 1.165) is 8.95 Å². The molecule has 2 rings (SSSR count). The molecule has 0 fully saturated rings. The van der Waals surface area contributed by atoms with Gasteiger partial charge in [0.15, 0.2) is 0 Å². The highest BCUT2D eigenvalue weighted by Gasteiger charge is 2.05. The van der Waals surface area contributed by atoms with Crippen molar-refractivity contribution in [3.63, 3.8) is 0 Å². The number of hydrogen-bond acceptors (Lipinski definition) is 4. The van der Waals surface area contributed by atoms with Gasteiger partial charge in [-0.2, -0.15) is 0 Å². The van der Waals surface area contributed by atoms with Crippen molar-refractivity contribution in [1.29, 1.82) is 5.41 Å². The van der Waals surface area contributed by atoms with E-state index in [9.17, 15) is 0 Å². The minimum atomic E-state index is -0.126. The quantitative estimate of drug-likeness (QED) is 0.641. The summed E-state index contributed by atoms with van der Waals surface area (Å²) >= 11 is 6.74. The first-order chi connectivity index (χ1) is 8.56. The van der Waals surface area contributed by atoms with Gasteiger partial charge in [0.2, 0.25) is 5.88 Å². The van der Waals surface area contributed by atoms with Gasteiger partial charge >= 0.3 is 0 Å². The van der Waals surface area contributed by atoms with E-state index in [1.807, 2.05) is 12.1 Å². The molecule has 3 N–H and O–H groups in total. The largest absolute Gasteiger partial charge is 0.436 e. The third kappa shape index (κ3) is 3.05. The Morgan fingerprint density at radius 2 is 2.00 bits per heavy atom. The molecule has 0 saturated heterocycles. The Balaban J connectivity index is 2.21. The Bertz CT molecular complexity index is 586. The van der Waals surface area contributed by atoms with Gasteiger partial charge in [-0.3, -0.25) is 5.41 Å². The first-order valence-corrected chi connectivity index (χ1v) is 6.44. The minimum absolute atomic E-state index is 0.126. The van der Waals surface area contributed by atoms with Gasteiger partial charge in [0.25, 0.3) is 0 Å². The zero-order valence-corrected chi connectivity index (χ0v) is 12.2. The van der Waals surface area contributed by atoms with Crippen LogP contribution in [0.4, 0.5) is 0 Å². The number of hydrogen-bond donors (Lipinski definition) is 2. The molecule has 0 aliphatic carbocycles. The summed E-state index contributed by atoms with van der Waals surface area (Å²) in [5, 5.41) is 7.21. The van der Waals surface area contributed by atoms with Gasteiger partial charge in [0.05, 0.1) is 16.9 Å².